The van der Waals surface area contributed by atoms with Crippen molar-refractivity contribution in [1.82, 2.24) is 4.98 Å². The summed E-state index contributed by atoms with van der Waals surface area (Å²) in [6.07, 6.45) is 0. The highest BCUT2D eigenvalue weighted by atomic mass is 32.2. The molecule has 1 N–H and O–H groups in total. The number of carbonyl (C=O) groups is 1. The lowest BCUT2D eigenvalue weighted by atomic mass is 10.2. The summed E-state index contributed by atoms with van der Waals surface area (Å²) in [7, 11) is 0. The van der Waals surface area contributed by atoms with Crippen molar-refractivity contribution in [1.29, 1.82) is 0 Å². The molecule has 0 aliphatic heterocycles. The normalized spacial score (nSPS) is 10.5. The van der Waals surface area contributed by atoms with Gasteiger partial charge in [-0.15, -0.1) is 11.3 Å². The molecule has 0 fully saturated rings. The lowest BCUT2D eigenvalue weighted by Crippen LogP contribution is -2.00. The van der Waals surface area contributed by atoms with Crippen molar-refractivity contribution in [3.8, 4) is 0 Å². The third-order valence-electron chi connectivity index (χ3n) is 1.97. The summed E-state index contributed by atoms with van der Waals surface area (Å²) < 4.78 is 14.0. The minimum atomic E-state index is -1.26. The van der Waals surface area contributed by atoms with Crippen molar-refractivity contribution in [3.05, 3.63) is 40.7 Å². The number of thiazole rings is 1. The lowest BCUT2D eigenvalue weighted by Gasteiger charge is -2.01. The van der Waals surface area contributed by atoms with E-state index in [1.54, 1.807) is 6.07 Å². The van der Waals surface area contributed by atoms with Crippen molar-refractivity contribution < 1.29 is 14.3 Å². The first-order valence-corrected chi connectivity index (χ1v) is 6.38. The minimum absolute atomic E-state index is 0.316. The molecule has 0 bridgehead atoms. The van der Waals surface area contributed by atoms with Crippen LogP contribution in [-0.2, 0) is 0 Å². The molecule has 1 aromatic heterocycles. The predicted molar refractivity (Wildman–Crippen MR) is 64.3 cm³/mol. The summed E-state index contributed by atoms with van der Waals surface area (Å²) >= 11 is 2.80. The van der Waals surface area contributed by atoms with Crippen molar-refractivity contribution >= 4 is 29.1 Å². The summed E-state index contributed by atoms with van der Waals surface area (Å²) in [6, 6.07) is 4.02. The molecule has 0 spiro atoms. The number of rotatable bonds is 3. The van der Waals surface area contributed by atoms with E-state index in [1.165, 1.54) is 29.2 Å². The maximum Gasteiger partial charge on any atom is 0.338 e. The number of benzene rings is 1. The average Bonchev–Trinajstić information content (AvgIpc) is 2.66. The fraction of sp³-hybridized carbons (Fsp3) is 0.0909. The van der Waals surface area contributed by atoms with Crippen molar-refractivity contribution in [2.75, 3.05) is 0 Å². The van der Waals surface area contributed by atoms with E-state index in [2.05, 4.69) is 4.98 Å². The number of hydrogen-bond acceptors (Lipinski definition) is 4. The van der Waals surface area contributed by atoms with Crippen LogP contribution >= 0.6 is 23.1 Å². The Balaban J connectivity index is 2.28. The lowest BCUT2D eigenvalue weighted by molar-refractivity contribution is 0.0691. The Hall–Kier alpha value is -1.40. The Bertz CT molecular complexity index is 568. The van der Waals surface area contributed by atoms with Gasteiger partial charge < -0.3 is 5.11 Å². The smallest absolute Gasteiger partial charge is 0.338 e. The zero-order chi connectivity index (χ0) is 12.4. The molecule has 0 saturated heterocycles. The van der Waals surface area contributed by atoms with Crippen LogP contribution in [0.2, 0.25) is 0 Å². The SMILES string of the molecule is Cc1csc(Sc2ccc(F)c(C(=O)O)c2)n1. The fourth-order valence-electron chi connectivity index (χ4n) is 1.21. The highest BCUT2D eigenvalue weighted by Gasteiger charge is 2.12. The number of halogens is 1. The van der Waals surface area contributed by atoms with Crippen LogP contribution in [0.15, 0.2) is 32.8 Å². The number of nitrogens with zero attached hydrogens (tertiary/aromatic N) is 1. The predicted octanol–water partition coefficient (Wildman–Crippen LogP) is 3.44. The zero-order valence-corrected chi connectivity index (χ0v) is 10.4. The van der Waals surface area contributed by atoms with Crippen LogP contribution in [0.4, 0.5) is 4.39 Å². The van der Waals surface area contributed by atoms with Gasteiger partial charge in [-0.2, -0.15) is 0 Å². The van der Waals surface area contributed by atoms with Gasteiger partial charge in [0.2, 0.25) is 0 Å². The molecule has 88 valence electrons. The monoisotopic (exact) mass is 269 g/mol. The van der Waals surface area contributed by atoms with Crippen LogP contribution in [0.1, 0.15) is 16.1 Å². The van der Waals surface area contributed by atoms with Gasteiger partial charge in [-0.05, 0) is 25.1 Å². The van der Waals surface area contributed by atoms with E-state index in [9.17, 15) is 9.18 Å². The van der Waals surface area contributed by atoms with Gasteiger partial charge >= 0.3 is 5.97 Å². The summed E-state index contributed by atoms with van der Waals surface area (Å²) in [6.45, 7) is 1.88. The summed E-state index contributed by atoms with van der Waals surface area (Å²) in [5, 5.41) is 10.7. The van der Waals surface area contributed by atoms with E-state index in [-0.39, 0.29) is 5.56 Å². The molecule has 1 heterocycles. The second-order valence-corrected chi connectivity index (χ2v) is 5.48. The molecular formula is C11H8FNO2S2. The van der Waals surface area contributed by atoms with Crippen LogP contribution < -0.4 is 0 Å². The third-order valence-corrected chi connectivity index (χ3v) is 4.02. The quantitative estimate of drug-likeness (QED) is 0.927. The summed E-state index contributed by atoms with van der Waals surface area (Å²) in [4.78, 5) is 15.7. The van der Waals surface area contributed by atoms with Crippen LogP contribution in [-0.4, -0.2) is 16.1 Å². The molecule has 0 aliphatic carbocycles. The Kier molecular flexibility index (Phi) is 3.44. The van der Waals surface area contributed by atoms with Gasteiger partial charge in [0.05, 0.1) is 5.56 Å². The van der Waals surface area contributed by atoms with Crippen LogP contribution in [0.5, 0.6) is 0 Å². The molecule has 2 aromatic rings. The average molecular weight is 269 g/mol. The van der Waals surface area contributed by atoms with Gasteiger partial charge in [0, 0.05) is 16.0 Å². The van der Waals surface area contributed by atoms with Crippen molar-refractivity contribution in [3.63, 3.8) is 0 Å². The molecule has 0 unspecified atom stereocenters. The summed E-state index contributed by atoms with van der Waals surface area (Å²) in [5.41, 5.74) is 0.598. The van der Waals surface area contributed by atoms with Crippen molar-refractivity contribution in [2.45, 2.75) is 16.2 Å². The Morgan fingerprint density at radius 1 is 1.53 bits per heavy atom. The second kappa shape index (κ2) is 4.85. The Morgan fingerprint density at radius 3 is 2.88 bits per heavy atom. The van der Waals surface area contributed by atoms with E-state index in [4.69, 9.17) is 5.11 Å². The highest BCUT2D eigenvalue weighted by Crippen LogP contribution is 2.31. The molecule has 3 nitrogen and oxygen atoms in total. The van der Waals surface area contributed by atoms with E-state index < -0.39 is 11.8 Å². The maximum absolute atomic E-state index is 13.2. The van der Waals surface area contributed by atoms with E-state index in [0.717, 1.165) is 16.1 Å². The first-order valence-electron chi connectivity index (χ1n) is 4.69. The van der Waals surface area contributed by atoms with Crippen LogP contribution in [0.3, 0.4) is 0 Å². The van der Waals surface area contributed by atoms with Crippen LogP contribution in [0.25, 0.3) is 0 Å². The Labute approximate surface area is 105 Å². The summed E-state index contributed by atoms with van der Waals surface area (Å²) in [5.74, 6) is -1.99. The molecule has 2 rings (SSSR count). The standard InChI is InChI=1S/C11H8FNO2S2/c1-6-5-16-11(13-6)17-7-2-3-9(12)8(4-7)10(14)15/h2-5H,1H3,(H,14,15). The molecule has 0 radical (unpaired) electrons. The molecule has 6 heteroatoms. The first kappa shape index (κ1) is 12.1. The van der Waals surface area contributed by atoms with Gasteiger partial charge in [-0.1, -0.05) is 11.8 Å². The molecule has 17 heavy (non-hydrogen) atoms. The van der Waals surface area contributed by atoms with Gasteiger partial charge in [-0.3, -0.25) is 0 Å². The van der Waals surface area contributed by atoms with Crippen LogP contribution in [0, 0.1) is 12.7 Å². The van der Waals surface area contributed by atoms with Gasteiger partial charge in [-0.25, -0.2) is 14.2 Å². The van der Waals surface area contributed by atoms with Gasteiger partial charge in [0.1, 0.15) is 5.82 Å². The number of aromatic carboxylic acids is 1. The minimum Gasteiger partial charge on any atom is -0.478 e. The van der Waals surface area contributed by atoms with Crippen molar-refractivity contribution in [2.24, 2.45) is 0 Å². The van der Waals surface area contributed by atoms with Gasteiger partial charge in [0.25, 0.3) is 0 Å². The highest BCUT2D eigenvalue weighted by molar-refractivity contribution is 8.01. The van der Waals surface area contributed by atoms with Gasteiger partial charge in [0.15, 0.2) is 4.34 Å². The number of carboxylic acids is 1. The number of aryl methyl sites for hydroxylation is 1. The molecular weight excluding hydrogens is 261 g/mol. The molecule has 0 aliphatic rings. The fourth-order valence-corrected chi connectivity index (χ4v) is 3.06. The topological polar surface area (TPSA) is 50.2 Å². The molecule has 0 amide bonds. The second-order valence-electron chi connectivity index (χ2n) is 3.30. The van der Waals surface area contributed by atoms with E-state index in [1.807, 2.05) is 12.3 Å². The molecule has 0 saturated carbocycles. The number of carboxylic acid groups (broad SMARTS) is 1. The van der Waals surface area contributed by atoms with E-state index >= 15 is 0 Å². The maximum atomic E-state index is 13.2. The number of aromatic nitrogens is 1. The third kappa shape index (κ3) is 2.83. The molecule has 0 atom stereocenters. The molecule has 1 aromatic carbocycles. The number of hydrogen-bond donors (Lipinski definition) is 1. The first-order chi connectivity index (χ1) is 8.06. The Morgan fingerprint density at radius 2 is 2.29 bits per heavy atom. The van der Waals surface area contributed by atoms with E-state index in [0.29, 0.717) is 4.90 Å². The zero-order valence-electron chi connectivity index (χ0n) is 8.81. The largest absolute Gasteiger partial charge is 0.478 e.